The second-order valence-corrected chi connectivity index (χ2v) is 5.45. The van der Waals surface area contributed by atoms with Crippen LogP contribution in [0.2, 0.25) is 0 Å². The zero-order valence-corrected chi connectivity index (χ0v) is 13.0. The minimum atomic E-state index is -0.217. The average molecular weight is 324 g/mol. The molecule has 0 radical (unpaired) electrons. The van der Waals surface area contributed by atoms with Gasteiger partial charge < -0.3 is 5.32 Å². The summed E-state index contributed by atoms with van der Waals surface area (Å²) in [5.74, 6) is 0.202. The van der Waals surface area contributed by atoms with Crippen molar-refractivity contribution in [1.82, 2.24) is 19.7 Å². The summed E-state index contributed by atoms with van der Waals surface area (Å²) in [7, 11) is 0. The number of rotatable bonds is 4. The molecule has 3 aromatic rings. The van der Waals surface area contributed by atoms with Gasteiger partial charge in [0.2, 0.25) is 0 Å². The Hall–Kier alpha value is -3.05. The molecule has 0 atom stereocenters. The lowest BCUT2D eigenvalue weighted by Crippen LogP contribution is -2.11. The molecule has 8 heteroatoms. The first-order valence-electron chi connectivity index (χ1n) is 6.86. The summed E-state index contributed by atoms with van der Waals surface area (Å²) >= 11 is 1.30. The van der Waals surface area contributed by atoms with E-state index >= 15 is 0 Å². The van der Waals surface area contributed by atoms with Crippen molar-refractivity contribution in [2.75, 3.05) is 5.32 Å². The molecule has 0 aliphatic heterocycles. The highest BCUT2D eigenvalue weighted by Gasteiger charge is 2.15. The molecule has 0 aromatic carbocycles. The van der Waals surface area contributed by atoms with Crippen LogP contribution in [0.4, 0.5) is 5.69 Å². The first kappa shape index (κ1) is 14.9. The van der Waals surface area contributed by atoms with E-state index in [4.69, 9.17) is 5.26 Å². The molecule has 0 spiro atoms. The van der Waals surface area contributed by atoms with Crippen LogP contribution >= 0.6 is 11.3 Å². The molecule has 3 heterocycles. The highest BCUT2D eigenvalue weighted by molar-refractivity contribution is 7.12. The Morgan fingerprint density at radius 2 is 2.35 bits per heavy atom. The molecule has 7 nitrogen and oxygen atoms in total. The topological polar surface area (TPSA) is 96.5 Å². The van der Waals surface area contributed by atoms with Crippen molar-refractivity contribution in [1.29, 1.82) is 5.26 Å². The maximum atomic E-state index is 12.3. The second-order valence-electron chi connectivity index (χ2n) is 4.60. The Morgan fingerprint density at radius 3 is 3.13 bits per heavy atom. The van der Waals surface area contributed by atoms with E-state index in [-0.39, 0.29) is 5.91 Å². The monoisotopic (exact) mass is 324 g/mol. The summed E-state index contributed by atoms with van der Waals surface area (Å²) < 4.78 is 1.46. The van der Waals surface area contributed by atoms with Crippen LogP contribution in [0.3, 0.4) is 0 Å². The van der Waals surface area contributed by atoms with E-state index in [1.54, 1.807) is 30.0 Å². The fourth-order valence-corrected chi connectivity index (χ4v) is 2.84. The predicted molar refractivity (Wildman–Crippen MR) is 85.5 cm³/mol. The van der Waals surface area contributed by atoms with E-state index in [1.165, 1.54) is 22.2 Å². The standard InChI is InChI=1S/C15H12N6OS/c1-2-12-13(23-9-18-12)15(22)20-11-7-19-21(8-11)14-10(6-16)4-3-5-17-14/h3-5,7-9H,2H2,1H3,(H,20,22). The Kier molecular flexibility index (Phi) is 4.12. The normalized spacial score (nSPS) is 10.3. The number of aryl methyl sites for hydroxylation is 1. The van der Waals surface area contributed by atoms with Crippen molar-refractivity contribution >= 4 is 22.9 Å². The fraction of sp³-hybridized carbons (Fsp3) is 0.133. The van der Waals surface area contributed by atoms with Crippen molar-refractivity contribution in [2.24, 2.45) is 0 Å². The highest BCUT2D eigenvalue weighted by atomic mass is 32.1. The number of hydrogen-bond donors (Lipinski definition) is 1. The van der Waals surface area contributed by atoms with Crippen LogP contribution in [-0.2, 0) is 6.42 Å². The minimum absolute atomic E-state index is 0.217. The zero-order valence-electron chi connectivity index (χ0n) is 12.2. The Balaban J connectivity index is 1.83. The third kappa shape index (κ3) is 2.95. The van der Waals surface area contributed by atoms with Crippen molar-refractivity contribution in [3.63, 3.8) is 0 Å². The second kappa shape index (κ2) is 6.37. The molecule has 3 rings (SSSR count). The Labute approximate surface area is 136 Å². The van der Waals surface area contributed by atoms with Crippen LogP contribution in [0.15, 0.2) is 36.2 Å². The third-order valence-electron chi connectivity index (χ3n) is 3.15. The lowest BCUT2D eigenvalue weighted by molar-refractivity contribution is 0.102. The average Bonchev–Trinajstić information content (AvgIpc) is 3.23. The molecule has 0 unspecified atom stereocenters. The molecule has 1 amide bonds. The van der Waals surface area contributed by atoms with Crippen LogP contribution in [-0.4, -0.2) is 25.7 Å². The van der Waals surface area contributed by atoms with Crippen LogP contribution in [0, 0.1) is 11.3 Å². The molecule has 0 saturated heterocycles. The summed E-state index contributed by atoms with van der Waals surface area (Å²) in [5, 5.41) is 16.0. The van der Waals surface area contributed by atoms with Gasteiger partial charge in [0.05, 0.1) is 34.8 Å². The smallest absolute Gasteiger partial charge is 0.267 e. The minimum Gasteiger partial charge on any atom is -0.319 e. The van der Waals surface area contributed by atoms with Crippen LogP contribution < -0.4 is 5.32 Å². The number of thiazole rings is 1. The number of anilines is 1. The van der Waals surface area contributed by atoms with Gasteiger partial charge in [-0.3, -0.25) is 4.79 Å². The number of carbonyl (C=O) groups excluding carboxylic acids is 1. The SMILES string of the molecule is CCc1ncsc1C(=O)Nc1cnn(-c2ncccc2C#N)c1. The fourth-order valence-electron chi connectivity index (χ4n) is 2.06. The van der Waals surface area contributed by atoms with Gasteiger partial charge in [-0.05, 0) is 18.6 Å². The number of amides is 1. The third-order valence-corrected chi connectivity index (χ3v) is 4.01. The van der Waals surface area contributed by atoms with Gasteiger partial charge in [0.15, 0.2) is 5.82 Å². The molecule has 0 saturated carbocycles. The largest absolute Gasteiger partial charge is 0.319 e. The van der Waals surface area contributed by atoms with Crippen molar-refractivity contribution in [2.45, 2.75) is 13.3 Å². The van der Waals surface area contributed by atoms with E-state index in [2.05, 4.69) is 26.5 Å². The Morgan fingerprint density at radius 1 is 1.48 bits per heavy atom. The van der Waals surface area contributed by atoms with Crippen LogP contribution in [0.1, 0.15) is 27.9 Å². The number of nitrogens with zero attached hydrogens (tertiary/aromatic N) is 5. The van der Waals surface area contributed by atoms with E-state index in [0.29, 0.717) is 28.4 Å². The van der Waals surface area contributed by atoms with Gasteiger partial charge in [-0.1, -0.05) is 6.92 Å². The number of carbonyl (C=O) groups is 1. The van der Waals surface area contributed by atoms with E-state index < -0.39 is 0 Å². The zero-order chi connectivity index (χ0) is 16.2. The van der Waals surface area contributed by atoms with Crippen LogP contribution in [0.25, 0.3) is 5.82 Å². The van der Waals surface area contributed by atoms with E-state index in [0.717, 1.165) is 5.69 Å². The number of aromatic nitrogens is 4. The maximum absolute atomic E-state index is 12.3. The van der Waals surface area contributed by atoms with E-state index in [9.17, 15) is 4.79 Å². The summed E-state index contributed by atoms with van der Waals surface area (Å²) in [6.45, 7) is 1.95. The van der Waals surface area contributed by atoms with Crippen molar-refractivity contribution < 1.29 is 4.79 Å². The maximum Gasteiger partial charge on any atom is 0.267 e. The summed E-state index contributed by atoms with van der Waals surface area (Å²) in [6, 6.07) is 5.41. The molecular formula is C15H12N6OS. The summed E-state index contributed by atoms with van der Waals surface area (Å²) in [5.41, 5.74) is 3.37. The molecule has 114 valence electrons. The number of nitriles is 1. The Bertz CT molecular complexity index is 891. The summed E-state index contributed by atoms with van der Waals surface area (Å²) in [6.07, 6.45) is 5.42. The first-order valence-corrected chi connectivity index (χ1v) is 7.74. The molecule has 0 fully saturated rings. The summed E-state index contributed by atoms with van der Waals surface area (Å²) in [4.78, 5) is 21.2. The van der Waals surface area contributed by atoms with Gasteiger partial charge in [-0.25, -0.2) is 14.6 Å². The molecule has 23 heavy (non-hydrogen) atoms. The molecule has 3 aromatic heterocycles. The van der Waals surface area contributed by atoms with E-state index in [1.807, 2.05) is 6.92 Å². The van der Waals surface area contributed by atoms with Gasteiger partial charge in [0.25, 0.3) is 5.91 Å². The lowest BCUT2D eigenvalue weighted by Gasteiger charge is -2.02. The molecule has 1 N–H and O–H groups in total. The molecular weight excluding hydrogens is 312 g/mol. The van der Waals surface area contributed by atoms with Crippen molar-refractivity contribution in [3.05, 3.63) is 52.4 Å². The van der Waals surface area contributed by atoms with Crippen molar-refractivity contribution in [3.8, 4) is 11.9 Å². The highest BCUT2D eigenvalue weighted by Crippen LogP contribution is 2.18. The van der Waals surface area contributed by atoms with Gasteiger partial charge in [-0.2, -0.15) is 10.4 Å². The predicted octanol–water partition coefficient (Wildman–Crippen LogP) is 2.41. The molecule has 0 aliphatic rings. The van der Waals surface area contributed by atoms with Crippen LogP contribution in [0.5, 0.6) is 0 Å². The van der Waals surface area contributed by atoms with Gasteiger partial charge >= 0.3 is 0 Å². The first-order chi connectivity index (χ1) is 11.2. The number of hydrogen-bond acceptors (Lipinski definition) is 6. The van der Waals surface area contributed by atoms with Gasteiger partial charge in [0, 0.05) is 6.20 Å². The quantitative estimate of drug-likeness (QED) is 0.795. The molecule has 0 bridgehead atoms. The molecule has 0 aliphatic carbocycles. The lowest BCUT2D eigenvalue weighted by atomic mass is 10.3. The van der Waals surface area contributed by atoms with Gasteiger partial charge in [0.1, 0.15) is 10.9 Å². The number of nitrogens with one attached hydrogen (secondary N) is 1. The number of pyridine rings is 1. The van der Waals surface area contributed by atoms with Gasteiger partial charge in [-0.15, -0.1) is 11.3 Å².